The van der Waals surface area contributed by atoms with Crippen LogP contribution in [-0.2, 0) is 14.8 Å². The van der Waals surface area contributed by atoms with Crippen LogP contribution in [0, 0.1) is 13.8 Å². The third-order valence-electron chi connectivity index (χ3n) is 4.75. The molecule has 1 heterocycles. The van der Waals surface area contributed by atoms with Gasteiger partial charge in [-0.3, -0.25) is 9.10 Å². The minimum Gasteiger partial charge on any atom is -0.318 e. The van der Waals surface area contributed by atoms with Crippen molar-refractivity contribution in [1.29, 1.82) is 0 Å². The Balaban J connectivity index is 1.76. The first-order chi connectivity index (χ1) is 15.5. The zero-order valence-corrected chi connectivity index (χ0v) is 21.1. The first kappa shape index (κ1) is 25.1. The highest BCUT2D eigenvalue weighted by Crippen LogP contribution is 2.27. The zero-order chi connectivity index (χ0) is 24.3. The molecule has 1 amide bonds. The van der Waals surface area contributed by atoms with E-state index in [0.29, 0.717) is 5.02 Å². The maximum Gasteiger partial charge on any atom is 0.260 e. The largest absolute Gasteiger partial charge is 0.318 e. The first-order valence-corrected chi connectivity index (χ1v) is 12.6. The van der Waals surface area contributed by atoms with Crippen molar-refractivity contribution in [3.63, 3.8) is 0 Å². The summed E-state index contributed by atoms with van der Waals surface area (Å²) >= 11 is 18.1. The number of hydrogen-bond acceptors (Lipinski definition) is 4. The van der Waals surface area contributed by atoms with Crippen molar-refractivity contribution in [3.8, 4) is 5.69 Å². The minimum absolute atomic E-state index is 0.180. The van der Waals surface area contributed by atoms with Crippen molar-refractivity contribution in [2.75, 3.05) is 17.1 Å². The SMILES string of the molecule is Cc1cc(/C=N\NC(=O)CN(c2cc(Cl)cc(Cl)c2)S(C)(=O)=O)c(C)n1-c1cccc(Cl)c1. The number of nitrogens with one attached hydrogen (secondary N) is 1. The van der Waals surface area contributed by atoms with Crippen LogP contribution in [0.4, 0.5) is 5.69 Å². The van der Waals surface area contributed by atoms with E-state index in [0.717, 1.165) is 33.2 Å². The molecule has 0 fully saturated rings. The van der Waals surface area contributed by atoms with Crippen LogP contribution in [0.1, 0.15) is 17.0 Å². The van der Waals surface area contributed by atoms with Crippen molar-refractivity contribution in [3.05, 3.63) is 80.6 Å². The van der Waals surface area contributed by atoms with E-state index in [-0.39, 0.29) is 15.7 Å². The van der Waals surface area contributed by atoms with Crippen LogP contribution in [0.2, 0.25) is 15.1 Å². The third-order valence-corrected chi connectivity index (χ3v) is 6.56. The molecule has 1 aromatic heterocycles. The van der Waals surface area contributed by atoms with Gasteiger partial charge >= 0.3 is 0 Å². The van der Waals surface area contributed by atoms with Crippen molar-refractivity contribution in [2.45, 2.75) is 13.8 Å². The van der Waals surface area contributed by atoms with E-state index >= 15 is 0 Å². The third kappa shape index (κ3) is 6.29. The van der Waals surface area contributed by atoms with Crippen molar-refractivity contribution in [2.24, 2.45) is 5.10 Å². The van der Waals surface area contributed by atoms with Gasteiger partial charge in [-0.05, 0) is 56.3 Å². The van der Waals surface area contributed by atoms with Gasteiger partial charge in [0.2, 0.25) is 10.0 Å². The van der Waals surface area contributed by atoms with Gasteiger partial charge in [0, 0.05) is 37.7 Å². The number of amides is 1. The summed E-state index contributed by atoms with van der Waals surface area (Å²) in [6, 6.07) is 13.7. The van der Waals surface area contributed by atoms with Crippen LogP contribution in [0.15, 0.2) is 53.6 Å². The summed E-state index contributed by atoms with van der Waals surface area (Å²) in [4.78, 5) is 12.4. The average Bonchev–Trinajstić information content (AvgIpc) is 2.97. The number of sulfonamides is 1. The normalized spacial score (nSPS) is 11.7. The molecule has 0 aliphatic carbocycles. The molecule has 0 saturated heterocycles. The lowest BCUT2D eigenvalue weighted by Gasteiger charge is -2.21. The summed E-state index contributed by atoms with van der Waals surface area (Å²) in [7, 11) is -3.78. The number of hydrogen-bond donors (Lipinski definition) is 1. The zero-order valence-electron chi connectivity index (χ0n) is 18.0. The highest BCUT2D eigenvalue weighted by atomic mass is 35.5. The van der Waals surface area contributed by atoms with Crippen LogP contribution < -0.4 is 9.73 Å². The number of halogens is 3. The predicted octanol–water partition coefficient (Wildman–Crippen LogP) is 4.97. The monoisotopic (exact) mass is 526 g/mol. The molecular weight excluding hydrogens is 507 g/mol. The molecule has 3 aromatic rings. The average molecular weight is 528 g/mol. The van der Waals surface area contributed by atoms with Crippen molar-refractivity contribution in [1.82, 2.24) is 9.99 Å². The van der Waals surface area contributed by atoms with Crippen LogP contribution in [0.25, 0.3) is 5.69 Å². The highest BCUT2D eigenvalue weighted by molar-refractivity contribution is 7.92. The van der Waals surface area contributed by atoms with Crippen molar-refractivity contribution < 1.29 is 13.2 Å². The lowest BCUT2D eigenvalue weighted by Crippen LogP contribution is -2.39. The fraction of sp³-hybridized carbons (Fsp3) is 0.182. The van der Waals surface area contributed by atoms with Gasteiger partial charge in [-0.2, -0.15) is 5.10 Å². The fourth-order valence-corrected chi connectivity index (χ4v) is 4.89. The molecule has 33 heavy (non-hydrogen) atoms. The second-order valence-electron chi connectivity index (χ2n) is 7.33. The standard InChI is InChI=1S/C22H21Cl3N4O3S/c1-14-7-16(15(2)29(14)20-6-4-5-17(23)9-20)12-26-27-22(30)13-28(33(3,31)32)21-10-18(24)8-19(25)11-21/h4-12H,13H2,1-3H3,(H,27,30)/b26-12-. The lowest BCUT2D eigenvalue weighted by atomic mass is 10.2. The van der Waals surface area contributed by atoms with E-state index in [1.165, 1.54) is 24.4 Å². The van der Waals surface area contributed by atoms with Crippen LogP contribution in [-0.4, -0.2) is 37.9 Å². The van der Waals surface area contributed by atoms with E-state index in [1.807, 2.05) is 42.7 Å². The van der Waals surface area contributed by atoms with Gasteiger partial charge < -0.3 is 4.57 Å². The number of aryl methyl sites for hydroxylation is 1. The summed E-state index contributed by atoms with van der Waals surface area (Å²) in [5, 5.41) is 5.12. The van der Waals surface area contributed by atoms with Gasteiger partial charge in [0.1, 0.15) is 6.54 Å². The molecule has 0 bridgehead atoms. The Hall–Kier alpha value is -2.52. The van der Waals surface area contributed by atoms with Gasteiger partial charge in [-0.25, -0.2) is 13.8 Å². The second-order valence-corrected chi connectivity index (χ2v) is 10.5. The Labute approximate surface area is 207 Å². The molecule has 7 nitrogen and oxygen atoms in total. The molecule has 3 rings (SSSR count). The number of benzene rings is 2. The van der Waals surface area contributed by atoms with Crippen LogP contribution in [0.5, 0.6) is 0 Å². The maximum absolute atomic E-state index is 12.4. The Morgan fingerprint density at radius 1 is 1.06 bits per heavy atom. The predicted molar refractivity (Wildman–Crippen MR) is 135 cm³/mol. The summed E-state index contributed by atoms with van der Waals surface area (Å²) < 4.78 is 27.4. The van der Waals surface area contributed by atoms with Crippen molar-refractivity contribution >= 4 is 62.6 Å². The van der Waals surface area contributed by atoms with Crippen LogP contribution in [0.3, 0.4) is 0 Å². The summed E-state index contributed by atoms with van der Waals surface area (Å²) in [5.74, 6) is -0.628. The molecule has 1 N–H and O–H groups in total. The van der Waals surface area contributed by atoms with Gasteiger partial charge in [0.25, 0.3) is 5.91 Å². The number of carbonyl (C=O) groups excluding carboxylic acids is 1. The summed E-state index contributed by atoms with van der Waals surface area (Å²) in [5.41, 5.74) is 6.10. The molecular formula is C22H21Cl3N4O3S. The molecule has 0 aliphatic rings. The van der Waals surface area contributed by atoms with E-state index in [4.69, 9.17) is 34.8 Å². The first-order valence-electron chi connectivity index (χ1n) is 9.66. The molecule has 0 radical (unpaired) electrons. The summed E-state index contributed by atoms with van der Waals surface area (Å²) in [6.07, 6.45) is 2.49. The smallest absolute Gasteiger partial charge is 0.260 e. The molecule has 0 atom stereocenters. The van der Waals surface area contributed by atoms with Gasteiger partial charge in [0.15, 0.2) is 0 Å². The summed E-state index contributed by atoms with van der Waals surface area (Å²) in [6.45, 7) is 3.38. The van der Waals surface area contributed by atoms with Crippen LogP contribution >= 0.6 is 34.8 Å². The fourth-order valence-electron chi connectivity index (χ4n) is 3.35. The Morgan fingerprint density at radius 2 is 1.73 bits per heavy atom. The molecule has 0 unspecified atom stereocenters. The van der Waals surface area contributed by atoms with E-state index < -0.39 is 22.5 Å². The number of nitrogens with zero attached hydrogens (tertiary/aromatic N) is 3. The molecule has 0 aliphatic heterocycles. The Kier molecular flexibility index (Phi) is 7.74. The molecule has 0 saturated carbocycles. The van der Waals surface area contributed by atoms with E-state index in [1.54, 1.807) is 6.07 Å². The number of hydrazone groups is 1. The van der Waals surface area contributed by atoms with E-state index in [2.05, 4.69) is 10.5 Å². The molecule has 0 spiro atoms. The van der Waals surface area contributed by atoms with E-state index in [9.17, 15) is 13.2 Å². The quantitative estimate of drug-likeness (QED) is 0.348. The van der Waals surface area contributed by atoms with Gasteiger partial charge in [-0.1, -0.05) is 40.9 Å². The molecule has 11 heteroatoms. The molecule has 174 valence electrons. The molecule has 2 aromatic carbocycles. The number of anilines is 1. The minimum atomic E-state index is -3.78. The maximum atomic E-state index is 12.4. The second kappa shape index (κ2) is 10.2. The van der Waals surface area contributed by atoms with Gasteiger partial charge in [-0.15, -0.1) is 0 Å². The number of rotatable bonds is 7. The number of carbonyl (C=O) groups is 1. The topological polar surface area (TPSA) is 83.8 Å². The Bertz CT molecular complexity index is 1320. The lowest BCUT2D eigenvalue weighted by molar-refractivity contribution is -0.119. The Morgan fingerprint density at radius 3 is 2.33 bits per heavy atom. The highest BCUT2D eigenvalue weighted by Gasteiger charge is 2.21. The van der Waals surface area contributed by atoms with Gasteiger partial charge in [0.05, 0.1) is 18.2 Å². The number of aromatic nitrogens is 1.